The van der Waals surface area contributed by atoms with E-state index >= 15 is 0 Å². The molecule has 0 amide bonds. The van der Waals surface area contributed by atoms with Crippen molar-refractivity contribution in [3.8, 4) is 0 Å². The van der Waals surface area contributed by atoms with Gasteiger partial charge in [-0.1, -0.05) is 11.6 Å². The topological polar surface area (TPSA) is 63.6 Å². The number of amidine groups is 1. The van der Waals surface area contributed by atoms with Gasteiger partial charge >= 0.3 is 5.97 Å². The van der Waals surface area contributed by atoms with Gasteiger partial charge in [-0.3, -0.25) is 4.99 Å². The van der Waals surface area contributed by atoms with E-state index in [0.717, 1.165) is 10.6 Å². The Balaban J connectivity index is 2.07. The highest BCUT2D eigenvalue weighted by molar-refractivity contribution is 7.14. The Morgan fingerprint density at radius 3 is 2.87 bits per heavy atom. The number of allylic oxidation sites excluding steroid dienone is 1. The summed E-state index contributed by atoms with van der Waals surface area (Å²) in [6.07, 6.45) is 1.72. The molecule has 1 unspecified atom stereocenters. The first kappa shape index (κ1) is 16.2. The minimum atomic E-state index is -0.493. The Kier molecular flexibility index (Phi) is 4.79. The Bertz CT molecular complexity index is 781. The number of hydrogen-bond acceptors (Lipinski definition) is 7. The van der Waals surface area contributed by atoms with Crippen molar-refractivity contribution in [2.75, 3.05) is 6.61 Å². The van der Waals surface area contributed by atoms with Gasteiger partial charge in [0, 0.05) is 22.8 Å². The third-order valence-corrected chi connectivity index (χ3v) is 5.29. The van der Waals surface area contributed by atoms with Crippen LogP contribution in [0.15, 0.2) is 39.3 Å². The van der Waals surface area contributed by atoms with E-state index in [1.54, 1.807) is 13.1 Å². The number of nitrogens with zero attached hydrogens (tertiary/aromatic N) is 2. The molecule has 0 aromatic carbocycles. The number of aliphatic imine (C=N–C) groups is 1. The van der Waals surface area contributed by atoms with E-state index in [2.05, 4.69) is 15.3 Å². The number of carbonyl (C=O) groups is 1. The number of carbonyl (C=O) groups excluding carboxylic acids is 1. The summed E-state index contributed by atoms with van der Waals surface area (Å²) in [6.45, 7) is 3.92. The number of nitrogens with one attached hydrogen (secondary N) is 1. The van der Waals surface area contributed by atoms with Crippen LogP contribution >= 0.6 is 34.3 Å². The predicted octanol–water partition coefficient (Wildman–Crippen LogP) is 3.79. The molecule has 0 saturated carbocycles. The maximum atomic E-state index is 12.4. The van der Waals surface area contributed by atoms with Crippen LogP contribution in [0.1, 0.15) is 30.5 Å². The number of ether oxygens (including phenoxy) is 1. The number of esters is 1. The zero-order valence-electron chi connectivity index (χ0n) is 12.5. The molecule has 0 aliphatic carbocycles. The quantitative estimate of drug-likeness (QED) is 0.835. The number of rotatable bonds is 4. The molecule has 0 radical (unpaired) electrons. The largest absolute Gasteiger partial charge is 0.463 e. The number of hydrogen-bond donors (Lipinski definition) is 1. The molecule has 1 N–H and O–H groups in total. The fraction of sp³-hybridized carbons (Fsp3) is 0.267. The highest BCUT2D eigenvalue weighted by Gasteiger charge is 2.32. The normalized spacial score (nSPS) is 17.7. The number of thiophene rings is 1. The summed E-state index contributed by atoms with van der Waals surface area (Å²) in [5.41, 5.74) is 1.98. The van der Waals surface area contributed by atoms with E-state index < -0.39 is 6.04 Å². The van der Waals surface area contributed by atoms with E-state index in [9.17, 15) is 4.79 Å². The lowest BCUT2D eigenvalue weighted by molar-refractivity contribution is -0.138. The van der Waals surface area contributed by atoms with Crippen LogP contribution in [0.25, 0.3) is 0 Å². The van der Waals surface area contributed by atoms with Gasteiger partial charge in [0.05, 0.1) is 16.5 Å². The van der Waals surface area contributed by atoms with Crippen LogP contribution in [-0.4, -0.2) is 23.4 Å². The molecule has 3 heterocycles. The number of thiazole rings is 1. The van der Waals surface area contributed by atoms with Crippen molar-refractivity contribution in [2.24, 2.45) is 4.99 Å². The molecule has 23 heavy (non-hydrogen) atoms. The molecule has 0 bridgehead atoms. The zero-order valence-corrected chi connectivity index (χ0v) is 14.9. The minimum absolute atomic E-state index is 0.308. The second-order valence-electron chi connectivity index (χ2n) is 4.75. The van der Waals surface area contributed by atoms with Gasteiger partial charge in [-0.05, 0) is 25.3 Å². The van der Waals surface area contributed by atoms with E-state index in [1.165, 1.54) is 22.7 Å². The standard InChI is InChI=1S/C15H14ClN3O2S2/c1-3-21-15(20)10-8(2)18-13(14-17-5-7-23-14)19-11(10)9-4-6-22-12(9)16/h4-7,11H,3H2,1-2H3,(H,18,19). The summed E-state index contributed by atoms with van der Waals surface area (Å²) in [6, 6.07) is 1.39. The van der Waals surface area contributed by atoms with E-state index in [-0.39, 0.29) is 5.97 Å². The van der Waals surface area contributed by atoms with Gasteiger partial charge in [-0.15, -0.1) is 22.7 Å². The maximum Gasteiger partial charge on any atom is 0.338 e. The van der Waals surface area contributed by atoms with Crippen LogP contribution < -0.4 is 5.32 Å². The second kappa shape index (κ2) is 6.82. The monoisotopic (exact) mass is 367 g/mol. The van der Waals surface area contributed by atoms with Crippen molar-refractivity contribution in [1.29, 1.82) is 0 Å². The molecule has 1 aliphatic heterocycles. The molecule has 3 rings (SSSR count). The smallest absolute Gasteiger partial charge is 0.338 e. The van der Waals surface area contributed by atoms with Gasteiger partial charge < -0.3 is 10.1 Å². The first-order valence-electron chi connectivity index (χ1n) is 6.97. The Morgan fingerprint density at radius 1 is 1.43 bits per heavy atom. The van der Waals surface area contributed by atoms with Gasteiger partial charge in [-0.2, -0.15) is 0 Å². The highest BCUT2D eigenvalue weighted by Crippen LogP contribution is 2.38. The van der Waals surface area contributed by atoms with E-state index in [1.807, 2.05) is 23.8 Å². The zero-order chi connectivity index (χ0) is 16.4. The molecule has 8 heteroatoms. The van der Waals surface area contributed by atoms with Gasteiger partial charge in [0.15, 0.2) is 10.8 Å². The van der Waals surface area contributed by atoms with Crippen molar-refractivity contribution in [3.05, 3.63) is 49.2 Å². The number of aromatic nitrogens is 1. The van der Waals surface area contributed by atoms with Crippen LogP contribution in [0.2, 0.25) is 4.34 Å². The molecule has 1 aliphatic rings. The van der Waals surface area contributed by atoms with Crippen LogP contribution in [0.4, 0.5) is 0 Å². The Labute approximate surface area is 146 Å². The Morgan fingerprint density at radius 2 is 2.26 bits per heavy atom. The van der Waals surface area contributed by atoms with Crippen molar-refractivity contribution in [3.63, 3.8) is 0 Å². The van der Waals surface area contributed by atoms with E-state index in [4.69, 9.17) is 16.3 Å². The average molecular weight is 368 g/mol. The SMILES string of the molecule is CCOC(=O)C1=C(C)NC(c2nccs2)=NC1c1ccsc1Cl. The summed E-state index contributed by atoms with van der Waals surface area (Å²) in [4.78, 5) is 21.3. The molecule has 120 valence electrons. The van der Waals surface area contributed by atoms with Crippen LogP contribution in [0, 0.1) is 0 Å². The summed E-state index contributed by atoms with van der Waals surface area (Å²) in [7, 11) is 0. The van der Waals surface area contributed by atoms with Crippen molar-refractivity contribution >= 4 is 46.1 Å². The number of halogens is 1. The lowest BCUT2D eigenvalue weighted by atomic mass is 9.98. The van der Waals surface area contributed by atoms with Crippen LogP contribution in [-0.2, 0) is 9.53 Å². The molecule has 0 fully saturated rings. The first-order chi connectivity index (χ1) is 11.1. The van der Waals surface area contributed by atoms with Crippen molar-refractivity contribution in [1.82, 2.24) is 10.3 Å². The molecule has 2 aromatic heterocycles. The highest BCUT2D eigenvalue weighted by atomic mass is 35.5. The predicted molar refractivity (Wildman–Crippen MR) is 93.2 cm³/mol. The molecule has 1 atom stereocenters. The second-order valence-corrected chi connectivity index (χ2v) is 7.16. The summed E-state index contributed by atoms with van der Waals surface area (Å²) in [5.74, 6) is 0.254. The van der Waals surface area contributed by atoms with Crippen molar-refractivity contribution in [2.45, 2.75) is 19.9 Å². The molecule has 0 spiro atoms. The molecule has 2 aromatic rings. The maximum absolute atomic E-state index is 12.4. The van der Waals surface area contributed by atoms with Gasteiger partial charge in [0.2, 0.25) is 0 Å². The summed E-state index contributed by atoms with van der Waals surface area (Å²) >= 11 is 9.18. The van der Waals surface area contributed by atoms with Gasteiger partial charge in [0.25, 0.3) is 0 Å². The van der Waals surface area contributed by atoms with Gasteiger partial charge in [0.1, 0.15) is 6.04 Å². The van der Waals surface area contributed by atoms with Crippen LogP contribution in [0.3, 0.4) is 0 Å². The summed E-state index contributed by atoms with van der Waals surface area (Å²) < 4.78 is 5.81. The van der Waals surface area contributed by atoms with E-state index in [0.29, 0.717) is 28.0 Å². The fourth-order valence-electron chi connectivity index (χ4n) is 2.32. The fourth-order valence-corrected chi connectivity index (χ4v) is 3.88. The Hall–Kier alpha value is -1.70. The van der Waals surface area contributed by atoms with Crippen LogP contribution in [0.5, 0.6) is 0 Å². The first-order valence-corrected chi connectivity index (χ1v) is 9.11. The molecular weight excluding hydrogens is 354 g/mol. The van der Waals surface area contributed by atoms with Crippen molar-refractivity contribution < 1.29 is 9.53 Å². The minimum Gasteiger partial charge on any atom is -0.463 e. The third-order valence-electron chi connectivity index (χ3n) is 3.31. The summed E-state index contributed by atoms with van der Waals surface area (Å²) in [5, 5.41) is 7.69. The lowest BCUT2D eigenvalue weighted by Crippen LogP contribution is -2.32. The van der Waals surface area contributed by atoms with Gasteiger partial charge in [-0.25, -0.2) is 9.78 Å². The molecule has 0 saturated heterocycles. The third kappa shape index (κ3) is 3.17. The molecule has 5 nitrogen and oxygen atoms in total. The average Bonchev–Trinajstić information content (AvgIpc) is 3.17. The molecular formula is C15H14ClN3O2S2. The lowest BCUT2D eigenvalue weighted by Gasteiger charge is -2.25.